The molecule has 0 radical (unpaired) electrons. The zero-order valence-corrected chi connectivity index (χ0v) is 10.2. The maximum atomic E-state index is 13.8. The molecule has 0 saturated heterocycles. The molecule has 8 heteroatoms. The van der Waals surface area contributed by atoms with Crippen LogP contribution in [0.25, 0.3) is 22.2 Å². The summed E-state index contributed by atoms with van der Waals surface area (Å²) in [6.45, 7) is 0. The third-order valence-electron chi connectivity index (χ3n) is 2.92. The maximum Gasteiger partial charge on any atom is 0.261 e. The molecule has 0 aliphatic heterocycles. The second-order valence-corrected chi connectivity index (χ2v) is 4.21. The van der Waals surface area contributed by atoms with Crippen molar-refractivity contribution in [3.63, 3.8) is 0 Å². The lowest BCUT2D eigenvalue weighted by Gasteiger charge is -2.08. The first-order valence-corrected chi connectivity index (χ1v) is 5.69. The van der Waals surface area contributed by atoms with Gasteiger partial charge in [0.25, 0.3) is 5.56 Å². The molecule has 0 aliphatic rings. The first kappa shape index (κ1) is 13.1. The summed E-state index contributed by atoms with van der Waals surface area (Å²) in [7, 11) is 0. The third-order valence-corrected chi connectivity index (χ3v) is 2.92. The number of hydrogen-bond donors (Lipinski definition) is 2. The van der Waals surface area contributed by atoms with E-state index in [4.69, 9.17) is 0 Å². The molecular weight excluding hydrogens is 287 g/mol. The molecule has 0 fully saturated rings. The van der Waals surface area contributed by atoms with Gasteiger partial charge >= 0.3 is 0 Å². The van der Waals surface area contributed by atoms with Gasteiger partial charge in [-0.3, -0.25) is 4.79 Å². The zero-order valence-electron chi connectivity index (χ0n) is 10.2. The van der Waals surface area contributed by atoms with Gasteiger partial charge in [0.1, 0.15) is 35.2 Å². The molecular formula is C13H6F3N3O2. The maximum absolute atomic E-state index is 13.8. The number of aromatic amines is 1. The van der Waals surface area contributed by atoms with Crippen LogP contribution < -0.4 is 5.56 Å². The summed E-state index contributed by atoms with van der Waals surface area (Å²) in [5.41, 5.74) is -2.41. The highest BCUT2D eigenvalue weighted by molar-refractivity contribution is 5.89. The van der Waals surface area contributed by atoms with Crippen molar-refractivity contribution in [1.29, 1.82) is 0 Å². The number of fused-ring (bicyclic) bond motifs is 1. The van der Waals surface area contributed by atoms with Crippen LogP contribution in [-0.4, -0.2) is 20.1 Å². The highest BCUT2D eigenvalue weighted by atomic mass is 19.1. The normalized spacial score (nSPS) is 11.0. The Bertz CT molecular complexity index is 901. The number of aromatic hydroxyl groups is 1. The first-order valence-electron chi connectivity index (χ1n) is 5.69. The molecule has 21 heavy (non-hydrogen) atoms. The van der Waals surface area contributed by atoms with Crippen LogP contribution in [0.2, 0.25) is 0 Å². The highest BCUT2D eigenvalue weighted by Gasteiger charge is 2.22. The van der Waals surface area contributed by atoms with Gasteiger partial charge in [-0.15, -0.1) is 0 Å². The Labute approximate surface area is 114 Å². The van der Waals surface area contributed by atoms with E-state index in [1.54, 1.807) is 0 Å². The van der Waals surface area contributed by atoms with Gasteiger partial charge in [0.05, 0.1) is 16.5 Å². The summed E-state index contributed by atoms with van der Waals surface area (Å²) in [5.74, 6) is -4.42. The first-order chi connectivity index (χ1) is 9.99. The number of rotatable bonds is 1. The Morgan fingerprint density at radius 3 is 2.43 bits per heavy atom. The topological polar surface area (TPSA) is 78.9 Å². The molecule has 1 aromatic carbocycles. The fraction of sp³-hybridized carbons (Fsp3) is 0. The molecule has 0 bridgehead atoms. The van der Waals surface area contributed by atoms with Crippen molar-refractivity contribution in [1.82, 2.24) is 15.0 Å². The van der Waals surface area contributed by atoms with E-state index < -0.39 is 39.9 Å². The minimum atomic E-state index is -1.30. The molecule has 0 saturated carbocycles. The van der Waals surface area contributed by atoms with Crippen LogP contribution >= 0.6 is 0 Å². The largest absolute Gasteiger partial charge is 0.506 e. The van der Waals surface area contributed by atoms with Gasteiger partial charge in [-0.25, -0.2) is 23.1 Å². The SMILES string of the molecule is O=c1[nH]c2ncncc2c(O)c1-c1c(F)cc(F)cc1F. The average molecular weight is 293 g/mol. The molecule has 3 aromatic rings. The molecule has 2 N–H and O–H groups in total. The molecule has 5 nitrogen and oxygen atoms in total. The van der Waals surface area contributed by atoms with Gasteiger partial charge < -0.3 is 10.1 Å². The lowest BCUT2D eigenvalue weighted by atomic mass is 10.0. The molecule has 0 aliphatic carbocycles. The quantitative estimate of drug-likeness (QED) is 0.720. The van der Waals surface area contributed by atoms with Crippen LogP contribution in [0, 0.1) is 17.5 Å². The van der Waals surface area contributed by atoms with Crippen molar-refractivity contribution in [2.45, 2.75) is 0 Å². The van der Waals surface area contributed by atoms with Gasteiger partial charge in [-0.2, -0.15) is 0 Å². The number of pyridine rings is 1. The van der Waals surface area contributed by atoms with E-state index in [-0.39, 0.29) is 11.0 Å². The number of H-pyrrole nitrogens is 1. The molecule has 3 rings (SSSR count). The van der Waals surface area contributed by atoms with Gasteiger partial charge in [0, 0.05) is 18.3 Å². The fourth-order valence-electron chi connectivity index (χ4n) is 2.03. The predicted molar refractivity (Wildman–Crippen MR) is 67.1 cm³/mol. The number of nitrogens with one attached hydrogen (secondary N) is 1. The van der Waals surface area contributed by atoms with E-state index in [2.05, 4.69) is 15.0 Å². The molecule has 2 heterocycles. The Kier molecular flexibility index (Phi) is 2.86. The summed E-state index contributed by atoms with van der Waals surface area (Å²) in [5, 5.41) is 10.1. The molecule has 0 atom stereocenters. The van der Waals surface area contributed by atoms with Crippen LogP contribution in [-0.2, 0) is 0 Å². The fourth-order valence-corrected chi connectivity index (χ4v) is 2.03. The standard InChI is InChI=1S/C13H6F3N3O2/c14-5-1-7(15)9(8(16)2-5)10-11(20)6-3-17-4-18-12(6)19-13(10)21/h1-4H,(H2,17,18,19,20,21). The number of halogens is 3. The lowest BCUT2D eigenvalue weighted by molar-refractivity contribution is 0.480. The van der Waals surface area contributed by atoms with Gasteiger partial charge in [0.15, 0.2) is 0 Å². The molecule has 0 spiro atoms. The summed E-state index contributed by atoms with van der Waals surface area (Å²) < 4.78 is 40.5. The monoisotopic (exact) mass is 293 g/mol. The van der Waals surface area contributed by atoms with E-state index >= 15 is 0 Å². The minimum absolute atomic E-state index is 0.00947. The van der Waals surface area contributed by atoms with Crippen LogP contribution in [0.4, 0.5) is 13.2 Å². The zero-order chi connectivity index (χ0) is 15.1. The molecule has 2 aromatic heterocycles. The Morgan fingerprint density at radius 1 is 1.10 bits per heavy atom. The molecule has 106 valence electrons. The number of nitrogens with zero attached hydrogens (tertiary/aromatic N) is 2. The van der Waals surface area contributed by atoms with Crippen LogP contribution in [0.5, 0.6) is 5.75 Å². The minimum Gasteiger partial charge on any atom is -0.506 e. The average Bonchev–Trinajstić information content (AvgIpc) is 2.41. The Hall–Kier alpha value is -2.90. The second kappa shape index (κ2) is 4.58. The lowest BCUT2D eigenvalue weighted by Crippen LogP contribution is -2.12. The number of benzene rings is 1. The van der Waals surface area contributed by atoms with Crippen LogP contribution in [0.1, 0.15) is 0 Å². The van der Waals surface area contributed by atoms with Gasteiger partial charge in [0.2, 0.25) is 0 Å². The van der Waals surface area contributed by atoms with Crippen LogP contribution in [0.3, 0.4) is 0 Å². The van der Waals surface area contributed by atoms with E-state index in [0.717, 1.165) is 6.33 Å². The number of aromatic nitrogens is 3. The molecule has 0 unspecified atom stereocenters. The van der Waals surface area contributed by atoms with Crippen molar-refractivity contribution in [2.24, 2.45) is 0 Å². The smallest absolute Gasteiger partial charge is 0.261 e. The van der Waals surface area contributed by atoms with Crippen LogP contribution in [0.15, 0.2) is 29.5 Å². The van der Waals surface area contributed by atoms with Crippen molar-refractivity contribution in [3.05, 3.63) is 52.5 Å². The number of hydrogen-bond acceptors (Lipinski definition) is 4. The highest BCUT2D eigenvalue weighted by Crippen LogP contribution is 2.34. The van der Waals surface area contributed by atoms with Gasteiger partial charge in [-0.05, 0) is 0 Å². The predicted octanol–water partition coefficient (Wildman–Crippen LogP) is 2.11. The Balaban J connectivity index is 2.44. The van der Waals surface area contributed by atoms with E-state index in [1.807, 2.05) is 0 Å². The summed E-state index contributed by atoms with van der Waals surface area (Å²) in [4.78, 5) is 21.6. The summed E-state index contributed by atoms with van der Waals surface area (Å²) in [6, 6.07) is 0.839. The second-order valence-electron chi connectivity index (χ2n) is 4.21. The third kappa shape index (κ3) is 2.00. The summed E-state index contributed by atoms with van der Waals surface area (Å²) >= 11 is 0. The van der Waals surface area contributed by atoms with Gasteiger partial charge in [-0.1, -0.05) is 0 Å². The van der Waals surface area contributed by atoms with E-state index in [1.165, 1.54) is 6.20 Å². The van der Waals surface area contributed by atoms with Crippen molar-refractivity contribution in [3.8, 4) is 16.9 Å². The van der Waals surface area contributed by atoms with Crippen molar-refractivity contribution >= 4 is 11.0 Å². The molecule has 0 amide bonds. The van der Waals surface area contributed by atoms with Crippen molar-refractivity contribution < 1.29 is 18.3 Å². The van der Waals surface area contributed by atoms with Crippen molar-refractivity contribution in [2.75, 3.05) is 0 Å². The Morgan fingerprint density at radius 2 is 1.76 bits per heavy atom. The van der Waals surface area contributed by atoms with E-state index in [0.29, 0.717) is 12.1 Å². The van der Waals surface area contributed by atoms with E-state index in [9.17, 15) is 23.1 Å². The summed E-state index contributed by atoms with van der Waals surface area (Å²) in [6.07, 6.45) is 2.31.